The lowest BCUT2D eigenvalue weighted by molar-refractivity contribution is -0.890. The van der Waals surface area contributed by atoms with Gasteiger partial charge in [-0.05, 0) is 25.0 Å². The van der Waals surface area contributed by atoms with Gasteiger partial charge in [0, 0.05) is 0 Å². The van der Waals surface area contributed by atoms with Crippen LogP contribution in [0.15, 0.2) is 30.3 Å². The number of carbonyl (C=O) groups excluding carboxylic acids is 1. The molecule has 0 aliphatic heterocycles. The number of quaternary nitrogens is 1. The first kappa shape index (κ1) is 16.7. The van der Waals surface area contributed by atoms with Crippen LogP contribution in [0.25, 0.3) is 0 Å². The van der Waals surface area contributed by atoms with Crippen LogP contribution in [0.4, 0.5) is 0 Å². The van der Waals surface area contributed by atoms with Gasteiger partial charge in [0.1, 0.15) is 13.2 Å². The number of hydrogen-bond donors (Lipinski definition) is 0. The largest absolute Gasteiger partial charge is 0.456 e. The quantitative estimate of drug-likeness (QED) is 0.392. The predicted octanol–water partition coefficient (Wildman–Crippen LogP) is 3.50. The molecule has 0 amide bonds. The molecular weight excluding hydrogens is 250 g/mol. The van der Waals surface area contributed by atoms with Crippen molar-refractivity contribution in [1.82, 2.24) is 0 Å². The average Bonchev–Trinajstić information content (AvgIpc) is 2.44. The Morgan fingerprint density at radius 2 is 1.75 bits per heavy atom. The molecule has 20 heavy (non-hydrogen) atoms. The second-order valence-electron chi connectivity index (χ2n) is 5.95. The van der Waals surface area contributed by atoms with Gasteiger partial charge in [-0.15, -0.1) is 0 Å². The summed E-state index contributed by atoms with van der Waals surface area (Å²) in [5.41, 5.74) is 0.626. The van der Waals surface area contributed by atoms with Gasteiger partial charge in [-0.3, -0.25) is 0 Å². The van der Waals surface area contributed by atoms with E-state index in [0.29, 0.717) is 12.2 Å². The Hall–Kier alpha value is -1.35. The van der Waals surface area contributed by atoms with Gasteiger partial charge in [-0.1, -0.05) is 38.0 Å². The normalized spacial score (nSPS) is 11.3. The van der Waals surface area contributed by atoms with Crippen LogP contribution < -0.4 is 0 Å². The van der Waals surface area contributed by atoms with Crippen LogP contribution >= 0.6 is 0 Å². The summed E-state index contributed by atoms with van der Waals surface area (Å²) >= 11 is 0. The summed E-state index contributed by atoms with van der Waals surface area (Å²) < 4.78 is 6.25. The number of likely N-dealkylation sites (N-methyl/N-ethyl adjacent to an activating group) is 1. The fraction of sp³-hybridized carbons (Fsp3) is 0.588. The molecule has 1 aromatic rings. The van der Waals surface area contributed by atoms with Gasteiger partial charge in [0.25, 0.3) is 0 Å². The maximum Gasteiger partial charge on any atom is 0.338 e. The zero-order valence-electron chi connectivity index (χ0n) is 13.1. The van der Waals surface area contributed by atoms with Crippen molar-refractivity contribution in [2.45, 2.75) is 32.6 Å². The maximum absolute atomic E-state index is 11.8. The van der Waals surface area contributed by atoms with Crippen molar-refractivity contribution >= 4 is 5.97 Å². The zero-order valence-corrected chi connectivity index (χ0v) is 13.1. The Morgan fingerprint density at radius 3 is 2.40 bits per heavy atom. The van der Waals surface area contributed by atoms with Gasteiger partial charge in [-0.25, -0.2) is 4.79 Å². The van der Waals surface area contributed by atoms with Gasteiger partial charge in [0.2, 0.25) is 0 Å². The number of unbranched alkanes of at least 4 members (excludes halogenated alkanes) is 3. The van der Waals surface area contributed by atoms with Crippen LogP contribution in [0.5, 0.6) is 0 Å². The molecule has 0 saturated carbocycles. The summed E-state index contributed by atoms with van der Waals surface area (Å²) in [6, 6.07) is 9.17. The van der Waals surface area contributed by atoms with E-state index in [1.54, 1.807) is 12.1 Å². The first-order valence-corrected chi connectivity index (χ1v) is 7.59. The Bertz CT molecular complexity index is 387. The van der Waals surface area contributed by atoms with Crippen LogP contribution in [0.3, 0.4) is 0 Å². The number of ether oxygens (including phenoxy) is 1. The van der Waals surface area contributed by atoms with Gasteiger partial charge in [-0.2, -0.15) is 0 Å². The summed E-state index contributed by atoms with van der Waals surface area (Å²) in [5, 5.41) is 0. The number of esters is 1. The molecule has 0 atom stereocenters. The highest BCUT2D eigenvalue weighted by Gasteiger charge is 2.15. The van der Waals surface area contributed by atoms with E-state index in [2.05, 4.69) is 21.0 Å². The first-order chi connectivity index (χ1) is 9.55. The molecule has 1 rings (SSSR count). The third kappa shape index (κ3) is 6.71. The standard InChI is InChI=1S/C17H28NO2/c1-4-5-6-10-13-18(2,3)14-15-20-17(19)16-11-8-7-9-12-16/h7-9,11-12H,4-6,10,13-15H2,1-3H3/q+1. The van der Waals surface area contributed by atoms with Crippen LogP contribution in [0, 0.1) is 0 Å². The van der Waals surface area contributed by atoms with Crippen molar-refractivity contribution in [3.8, 4) is 0 Å². The minimum Gasteiger partial charge on any atom is -0.456 e. The van der Waals surface area contributed by atoms with Crippen molar-refractivity contribution in [2.75, 3.05) is 33.8 Å². The third-order valence-electron chi connectivity index (χ3n) is 3.56. The van der Waals surface area contributed by atoms with Gasteiger partial charge in [0.15, 0.2) is 0 Å². The monoisotopic (exact) mass is 278 g/mol. The zero-order chi connectivity index (χ0) is 14.8. The molecule has 0 spiro atoms. The van der Waals surface area contributed by atoms with E-state index >= 15 is 0 Å². The van der Waals surface area contributed by atoms with E-state index in [4.69, 9.17) is 4.74 Å². The van der Waals surface area contributed by atoms with Crippen LogP contribution in [0.1, 0.15) is 43.0 Å². The molecule has 0 heterocycles. The average molecular weight is 278 g/mol. The Morgan fingerprint density at radius 1 is 1.05 bits per heavy atom. The van der Waals surface area contributed by atoms with Crippen molar-refractivity contribution in [3.63, 3.8) is 0 Å². The van der Waals surface area contributed by atoms with Gasteiger partial charge < -0.3 is 9.22 Å². The van der Waals surface area contributed by atoms with Crippen molar-refractivity contribution < 1.29 is 14.0 Å². The molecule has 0 aliphatic rings. The molecule has 0 radical (unpaired) electrons. The molecule has 1 aromatic carbocycles. The van der Waals surface area contributed by atoms with E-state index < -0.39 is 0 Å². The molecule has 0 bridgehead atoms. The van der Waals surface area contributed by atoms with Crippen LogP contribution in [0.2, 0.25) is 0 Å². The van der Waals surface area contributed by atoms with Crippen molar-refractivity contribution in [2.24, 2.45) is 0 Å². The second-order valence-corrected chi connectivity index (χ2v) is 5.95. The van der Waals surface area contributed by atoms with E-state index in [1.165, 1.54) is 25.7 Å². The molecule has 0 aliphatic carbocycles. The summed E-state index contributed by atoms with van der Waals surface area (Å²) in [7, 11) is 4.39. The first-order valence-electron chi connectivity index (χ1n) is 7.59. The molecular formula is C17H28NO2+. The molecule has 0 N–H and O–H groups in total. The molecule has 3 heteroatoms. The number of nitrogens with zero attached hydrogens (tertiary/aromatic N) is 1. The number of hydrogen-bond acceptors (Lipinski definition) is 2. The molecule has 3 nitrogen and oxygen atoms in total. The minimum absolute atomic E-state index is 0.225. The molecule has 0 aromatic heterocycles. The summed E-state index contributed by atoms with van der Waals surface area (Å²) in [5.74, 6) is -0.225. The highest BCUT2D eigenvalue weighted by Crippen LogP contribution is 2.06. The molecule has 0 unspecified atom stereocenters. The SMILES string of the molecule is CCCCCC[N+](C)(C)CCOC(=O)c1ccccc1. The molecule has 0 fully saturated rings. The molecule has 112 valence electrons. The maximum atomic E-state index is 11.8. The highest BCUT2D eigenvalue weighted by molar-refractivity contribution is 5.89. The lowest BCUT2D eigenvalue weighted by atomic mass is 10.2. The number of rotatable bonds is 9. The van der Waals surface area contributed by atoms with E-state index in [9.17, 15) is 4.79 Å². The Labute approximate surface area is 123 Å². The predicted molar refractivity (Wildman–Crippen MR) is 82.7 cm³/mol. The van der Waals surface area contributed by atoms with Crippen LogP contribution in [-0.2, 0) is 4.74 Å². The minimum atomic E-state index is -0.225. The van der Waals surface area contributed by atoms with Crippen molar-refractivity contribution in [3.05, 3.63) is 35.9 Å². The topological polar surface area (TPSA) is 26.3 Å². The number of benzene rings is 1. The fourth-order valence-corrected chi connectivity index (χ4v) is 2.12. The second kappa shape index (κ2) is 8.75. The van der Waals surface area contributed by atoms with Crippen LogP contribution in [-0.4, -0.2) is 44.2 Å². The third-order valence-corrected chi connectivity index (χ3v) is 3.56. The lowest BCUT2D eigenvalue weighted by Gasteiger charge is -2.29. The summed E-state index contributed by atoms with van der Waals surface area (Å²) in [4.78, 5) is 11.8. The fourth-order valence-electron chi connectivity index (χ4n) is 2.12. The Kier molecular flexibility index (Phi) is 7.31. The summed E-state index contributed by atoms with van der Waals surface area (Å²) in [6.45, 7) is 4.71. The lowest BCUT2D eigenvalue weighted by Crippen LogP contribution is -2.43. The highest BCUT2D eigenvalue weighted by atomic mass is 16.5. The van der Waals surface area contributed by atoms with Gasteiger partial charge >= 0.3 is 5.97 Å². The van der Waals surface area contributed by atoms with E-state index in [1.807, 2.05) is 18.2 Å². The van der Waals surface area contributed by atoms with Gasteiger partial charge in [0.05, 0.1) is 26.2 Å². The van der Waals surface area contributed by atoms with E-state index in [-0.39, 0.29) is 5.97 Å². The smallest absolute Gasteiger partial charge is 0.338 e. The Balaban J connectivity index is 2.23. The summed E-state index contributed by atoms with van der Waals surface area (Å²) in [6.07, 6.45) is 5.11. The number of carbonyl (C=O) groups is 1. The molecule has 0 saturated heterocycles. The van der Waals surface area contributed by atoms with Crippen molar-refractivity contribution in [1.29, 1.82) is 0 Å². The van der Waals surface area contributed by atoms with E-state index in [0.717, 1.165) is 17.6 Å².